The number of aryl methyl sites for hydroxylation is 2. The largest absolute Gasteiger partial charge is 0.396 e. The Kier molecular flexibility index (Phi) is 2.89. The second kappa shape index (κ2) is 4.15. The van der Waals surface area contributed by atoms with E-state index >= 15 is 0 Å². The Balaban J connectivity index is 2.13. The molecule has 1 aliphatic carbocycles. The molecule has 1 aromatic heterocycles. The molecule has 0 saturated heterocycles. The summed E-state index contributed by atoms with van der Waals surface area (Å²) in [5.74, 6) is 0. The normalized spacial score (nSPS) is 20.9. The van der Waals surface area contributed by atoms with Gasteiger partial charge in [0, 0.05) is 31.6 Å². The minimum absolute atomic E-state index is 0.231. The zero-order valence-corrected chi connectivity index (χ0v) is 8.45. The number of hydrogen-bond acceptors (Lipinski definition) is 2. The minimum Gasteiger partial charge on any atom is -0.396 e. The summed E-state index contributed by atoms with van der Waals surface area (Å²) in [4.78, 5) is 0. The van der Waals surface area contributed by atoms with Gasteiger partial charge in [-0.1, -0.05) is 0 Å². The molecule has 1 heterocycles. The quantitative estimate of drug-likeness (QED) is 0.759. The Bertz CT molecular complexity index is 306. The van der Waals surface area contributed by atoms with E-state index in [1.165, 1.54) is 17.5 Å². The lowest BCUT2D eigenvalue weighted by molar-refractivity contribution is 0.280. The number of aliphatic hydroxyl groups excluding tert-OH is 1. The van der Waals surface area contributed by atoms with Gasteiger partial charge >= 0.3 is 0 Å². The summed E-state index contributed by atoms with van der Waals surface area (Å²) >= 11 is 0. The second-order valence-electron chi connectivity index (χ2n) is 4.05. The Morgan fingerprint density at radius 2 is 2.36 bits per heavy atom. The molecule has 1 atom stereocenters. The molecule has 3 nitrogen and oxygen atoms in total. The first-order valence-electron chi connectivity index (χ1n) is 5.36. The Labute approximate surface area is 84.5 Å². The van der Waals surface area contributed by atoms with Crippen molar-refractivity contribution in [3.05, 3.63) is 23.5 Å². The second-order valence-corrected chi connectivity index (χ2v) is 4.05. The summed E-state index contributed by atoms with van der Waals surface area (Å²) < 4.78 is 2.16. The maximum absolute atomic E-state index is 8.74. The van der Waals surface area contributed by atoms with Crippen molar-refractivity contribution >= 4 is 0 Å². The minimum atomic E-state index is 0.231. The van der Waals surface area contributed by atoms with E-state index in [4.69, 9.17) is 10.8 Å². The number of nitrogens with zero attached hydrogens (tertiary/aromatic N) is 1. The van der Waals surface area contributed by atoms with Gasteiger partial charge in [0.25, 0.3) is 0 Å². The fourth-order valence-corrected chi connectivity index (χ4v) is 2.17. The van der Waals surface area contributed by atoms with Gasteiger partial charge in [-0.05, 0) is 36.8 Å². The predicted octanol–water partition coefficient (Wildman–Crippen LogP) is 1.21. The molecular weight excluding hydrogens is 176 g/mol. The molecule has 0 aliphatic heterocycles. The molecule has 1 aromatic rings. The van der Waals surface area contributed by atoms with Crippen LogP contribution in [-0.2, 0) is 13.0 Å². The van der Waals surface area contributed by atoms with Gasteiger partial charge in [-0.15, -0.1) is 0 Å². The van der Waals surface area contributed by atoms with Crippen LogP contribution in [0.4, 0.5) is 0 Å². The average molecular weight is 194 g/mol. The third kappa shape index (κ3) is 1.83. The third-order valence-corrected chi connectivity index (χ3v) is 2.93. The first-order valence-corrected chi connectivity index (χ1v) is 5.36. The van der Waals surface area contributed by atoms with Crippen molar-refractivity contribution < 1.29 is 5.11 Å². The Hall–Kier alpha value is -0.800. The number of fused-ring (bicyclic) bond motifs is 1. The molecule has 0 radical (unpaired) electrons. The van der Waals surface area contributed by atoms with E-state index in [1.807, 2.05) is 0 Å². The van der Waals surface area contributed by atoms with Crippen molar-refractivity contribution in [3.63, 3.8) is 0 Å². The van der Waals surface area contributed by atoms with Crippen LogP contribution >= 0.6 is 0 Å². The van der Waals surface area contributed by atoms with Gasteiger partial charge in [-0.25, -0.2) is 0 Å². The molecule has 1 aliphatic rings. The van der Waals surface area contributed by atoms with Crippen LogP contribution in [0.25, 0.3) is 0 Å². The molecule has 0 spiro atoms. The molecule has 0 amide bonds. The third-order valence-electron chi connectivity index (χ3n) is 2.93. The van der Waals surface area contributed by atoms with E-state index in [0.717, 1.165) is 25.8 Å². The van der Waals surface area contributed by atoms with E-state index < -0.39 is 0 Å². The highest BCUT2D eigenvalue weighted by Crippen LogP contribution is 2.28. The van der Waals surface area contributed by atoms with E-state index in [1.54, 1.807) is 0 Å². The van der Waals surface area contributed by atoms with Crippen LogP contribution in [-0.4, -0.2) is 16.3 Å². The number of rotatable bonds is 3. The summed E-state index contributed by atoms with van der Waals surface area (Å²) in [5.41, 5.74) is 8.74. The van der Waals surface area contributed by atoms with E-state index in [9.17, 15) is 0 Å². The van der Waals surface area contributed by atoms with Crippen LogP contribution in [0.3, 0.4) is 0 Å². The van der Waals surface area contributed by atoms with Crippen molar-refractivity contribution in [1.29, 1.82) is 0 Å². The highest BCUT2D eigenvalue weighted by atomic mass is 16.3. The number of hydrogen-bond donors (Lipinski definition) is 2. The molecule has 3 heteroatoms. The molecule has 1 unspecified atom stereocenters. The standard InChI is InChI=1S/C11H18N2O/c12-11-4-1-3-9-7-13(5-2-6-14)8-10(9)11/h7-8,11,14H,1-6,12H2. The zero-order valence-electron chi connectivity index (χ0n) is 8.45. The average Bonchev–Trinajstić information content (AvgIpc) is 2.59. The molecule has 0 bridgehead atoms. The molecule has 14 heavy (non-hydrogen) atoms. The lowest BCUT2D eigenvalue weighted by Crippen LogP contribution is -2.15. The molecule has 0 fully saturated rings. The monoisotopic (exact) mass is 194 g/mol. The predicted molar refractivity (Wildman–Crippen MR) is 56.0 cm³/mol. The van der Waals surface area contributed by atoms with E-state index in [-0.39, 0.29) is 12.6 Å². The van der Waals surface area contributed by atoms with Gasteiger partial charge < -0.3 is 15.4 Å². The van der Waals surface area contributed by atoms with Gasteiger partial charge in [0.15, 0.2) is 0 Å². The van der Waals surface area contributed by atoms with Crippen LogP contribution in [0.2, 0.25) is 0 Å². The molecule has 78 valence electrons. The molecule has 0 aromatic carbocycles. The van der Waals surface area contributed by atoms with Gasteiger partial charge in [-0.3, -0.25) is 0 Å². The van der Waals surface area contributed by atoms with Crippen molar-refractivity contribution in [1.82, 2.24) is 4.57 Å². The fraction of sp³-hybridized carbons (Fsp3) is 0.636. The summed E-state index contributed by atoms with van der Waals surface area (Å²) in [7, 11) is 0. The smallest absolute Gasteiger partial charge is 0.0448 e. The van der Waals surface area contributed by atoms with Crippen LogP contribution in [0, 0.1) is 0 Å². The molecule has 3 N–H and O–H groups in total. The summed E-state index contributed by atoms with van der Waals surface area (Å²) in [6, 6.07) is 0.231. The van der Waals surface area contributed by atoms with E-state index in [2.05, 4.69) is 17.0 Å². The number of aliphatic hydroxyl groups is 1. The van der Waals surface area contributed by atoms with Crippen molar-refractivity contribution in [2.45, 2.75) is 38.3 Å². The molecule has 0 saturated carbocycles. The topological polar surface area (TPSA) is 51.2 Å². The molecular formula is C11H18N2O. The fourth-order valence-electron chi connectivity index (χ4n) is 2.17. The Morgan fingerprint density at radius 1 is 1.50 bits per heavy atom. The first kappa shape index (κ1) is 9.74. The van der Waals surface area contributed by atoms with Crippen LogP contribution in [0.15, 0.2) is 12.4 Å². The summed E-state index contributed by atoms with van der Waals surface area (Å²) in [6.45, 7) is 1.16. The van der Waals surface area contributed by atoms with Crippen molar-refractivity contribution in [2.24, 2.45) is 5.73 Å². The molecule has 2 rings (SSSR count). The number of nitrogens with two attached hydrogens (primary N) is 1. The maximum atomic E-state index is 8.74. The van der Waals surface area contributed by atoms with Crippen molar-refractivity contribution in [2.75, 3.05) is 6.61 Å². The van der Waals surface area contributed by atoms with Gasteiger partial charge in [-0.2, -0.15) is 0 Å². The van der Waals surface area contributed by atoms with Crippen LogP contribution in [0.1, 0.15) is 36.4 Å². The van der Waals surface area contributed by atoms with E-state index in [0.29, 0.717) is 0 Å². The first-order chi connectivity index (χ1) is 6.81. The lowest BCUT2D eigenvalue weighted by Gasteiger charge is -2.17. The SMILES string of the molecule is NC1CCCc2cn(CCCO)cc21. The van der Waals surface area contributed by atoms with Gasteiger partial charge in [0.05, 0.1) is 0 Å². The van der Waals surface area contributed by atoms with Crippen molar-refractivity contribution in [3.8, 4) is 0 Å². The number of aromatic nitrogens is 1. The van der Waals surface area contributed by atoms with Crippen LogP contribution < -0.4 is 5.73 Å². The zero-order chi connectivity index (χ0) is 9.97. The Morgan fingerprint density at radius 3 is 3.07 bits per heavy atom. The highest BCUT2D eigenvalue weighted by Gasteiger charge is 2.18. The van der Waals surface area contributed by atoms with Gasteiger partial charge in [0.2, 0.25) is 0 Å². The summed E-state index contributed by atoms with van der Waals surface area (Å²) in [5, 5.41) is 8.74. The van der Waals surface area contributed by atoms with Gasteiger partial charge in [0.1, 0.15) is 0 Å². The lowest BCUT2D eigenvalue weighted by atomic mass is 9.92. The van der Waals surface area contributed by atoms with Crippen LogP contribution in [0.5, 0.6) is 0 Å². The maximum Gasteiger partial charge on any atom is 0.0448 e. The summed E-state index contributed by atoms with van der Waals surface area (Å²) in [6.07, 6.45) is 8.63. The highest BCUT2D eigenvalue weighted by molar-refractivity contribution is 5.29.